The third-order valence-electron chi connectivity index (χ3n) is 4.57. The number of ether oxygens (including phenoxy) is 1. The summed E-state index contributed by atoms with van der Waals surface area (Å²) in [6.07, 6.45) is 1.75. The van der Waals surface area contributed by atoms with Gasteiger partial charge in [-0.05, 0) is 42.8 Å². The van der Waals surface area contributed by atoms with Crippen molar-refractivity contribution >= 4 is 32.6 Å². The van der Waals surface area contributed by atoms with Crippen molar-refractivity contribution in [3.05, 3.63) is 83.7 Å². The number of nitrogens with zero attached hydrogens (tertiary/aromatic N) is 3. The van der Waals surface area contributed by atoms with Crippen LogP contribution in [0.2, 0.25) is 0 Å². The van der Waals surface area contributed by atoms with Crippen molar-refractivity contribution in [2.24, 2.45) is 0 Å². The molecule has 4 rings (SSSR count). The summed E-state index contributed by atoms with van der Waals surface area (Å²) in [5, 5.41) is 0.293. The molecule has 0 aliphatic carbocycles. The second kappa shape index (κ2) is 9.18. The Morgan fingerprint density at radius 3 is 2.65 bits per heavy atom. The zero-order valence-corrected chi connectivity index (χ0v) is 17.5. The number of carbonyl (C=O) groups excluding carboxylic acids is 1. The van der Waals surface area contributed by atoms with Crippen LogP contribution >= 0.6 is 11.3 Å². The van der Waals surface area contributed by atoms with E-state index in [1.807, 2.05) is 37.3 Å². The molecule has 0 radical (unpaired) electrons. The van der Waals surface area contributed by atoms with E-state index >= 15 is 0 Å². The quantitative estimate of drug-likeness (QED) is 0.400. The smallest absolute Gasteiger partial charge is 0.233 e. The van der Waals surface area contributed by atoms with Crippen molar-refractivity contribution in [3.63, 3.8) is 0 Å². The van der Waals surface area contributed by atoms with Gasteiger partial charge in [0, 0.05) is 12.3 Å². The Morgan fingerprint density at radius 2 is 1.94 bits per heavy atom. The first-order valence-corrected chi connectivity index (χ1v) is 10.5. The van der Waals surface area contributed by atoms with Gasteiger partial charge in [0.05, 0.1) is 30.0 Å². The van der Waals surface area contributed by atoms with Gasteiger partial charge in [0.1, 0.15) is 17.1 Å². The van der Waals surface area contributed by atoms with Crippen LogP contribution in [-0.4, -0.2) is 22.5 Å². The number of hydrogen-bond donors (Lipinski definition) is 0. The number of rotatable bonds is 7. The van der Waals surface area contributed by atoms with Gasteiger partial charge in [0.2, 0.25) is 5.91 Å². The highest BCUT2D eigenvalue weighted by Gasteiger charge is 2.22. The summed E-state index contributed by atoms with van der Waals surface area (Å²) < 4.78 is 33.6. The molecule has 8 heteroatoms. The van der Waals surface area contributed by atoms with Crippen LogP contribution in [0.4, 0.5) is 13.9 Å². The molecule has 0 fully saturated rings. The maximum absolute atomic E-state index is 14.2. The van der Waals surface area contributed by atoms with Crippen molar-refractivity contribution in [3.8, 4) is 5.75 Å². The molecule has 4 aromatic rings. The number of fused-ring (bicyclic) bond motifs is 1. The number of thiazole rings is 1. The number of halogens is 2. The van der Waals surface area contributed by atoms with Crippen molar-refractivity contribution < 1.29 is 18.3 Å². The first kappa shape index (κ1) is 20.9. The summed E-state index contributed by atoms with van der Waals surface area (Å²) in [6, 6.07) is 14.7. The van der Waals surface area contributed by atoms with Gasteiger partial charge in [-0.15, -0.1) is 0 Å². The predicted octanol–water partition coefficient (Wildman–Crippen LogP) is 5.14. The van der Waals surface area contributed by atoms with Crippen LogP contribution < -0.4 is 9.64 Å². The molecule has 5 nitrogen and oxygen atoms in total. The van der Waals surface area contributed by atoms with Gasteiger partial charge in [-0.3, -0.25) is 14.7 Å². The van der Waals surface area contributed by atoms with E-state index in [4.69, 9.17) is 4.74 Å². The molecule has 2 aromatic carbocycles. The molecule has 0 atom stereocenters. The van der Waals surface area contributed by atoms with Crippen molar-refractivity contribution in [1.29, 1.82) is 0 Å². The monoisotopic (exact) mass is 439 g/mol. The number of benzene rings is 2. The van der Waals surface area contributed by atoms with Gasteiger partial charge in [-0.1, -0.05) is 29.5 Å². The minimum absolute atomic E-state index is 0.0429. The highest BCUT2D eigenvalue weighted by atomic mass is 32.1. The third-order valence-corrected chi connectivity index (χ3v) is 5.60. The molecular formula is C23H19F2N3O2S. The number of hydrogen-bond acceptors (Lipinski definition) is 5. The molecular weight excluding hydrogens is 420 g/mol. The number of pyridine rings is 1. The fourth-order valence-corrected chi connectivity index (χ4v) is 4.14. The number of carbonyl (C=O) groups is 1. The average molecular weight is 439 g/mol. The molecule has 0 aliphatic heterocycles. The third kappa shape index (κ3) is 4.86. The van der Waals surface area contributed by atoms with Crippen LogP contribution in [-0.2, 0) is 17.8 Å². The molecule has 0 saturated heterocycles. The van der Waals surface area contributed by atoms with E-state index in [1.54, 1.807) is 18.3 Å². The number of aromatic nitrogens is 2. The van der Waals surface area contributed by atoms with E-state index in [9.17, 15) is 13.6 Å². The molecule has 0 aliphatic rings. The summed E-state index contributed by atoms with van der Waals surface area (Å²) in [5.74, 6) is -0.936. The number of anilines is 1. The maximum Gasteiger partial charge on any atom is 0.233 e. The zero-order chi connectivity index (χ0) is 21.8. The zero-order valence-electron chi connectivity index (χ0n) is 16.7. The maximum atomic E-state index is 14.2. The van der Waals surface area contributed by atoms with Crippen LogP contribution in [0.3, 0.4) is 0 Å². The van der Waals surface area contributed by atoms with Gasteiger partial charge in [-0.2, -0.15) is 0 Å². The minimum atomic E-state index is -0.755. The van der Waals surface area contributed by atoms with Gasteiger partial charge >= 0.3 is 0 Å². The standard InChI is InChI=1S/C23H19F2N3O2S/c1-2-30-18-8-6-15(7-9-18)11-21(29)28(14-17-5-3-4-10-26-17)23-27-22-19(25)12-16(24)13-20(22)31-23/h3-10,12-13H,2,11,14H2,1H3. The Morgan fingerprint density at radius 1 is 1.13 bits per heavy atom. The summed E-state index contributed by atoms with van der Waals surface area (Å²) >= 11 is 1.07. The first-order valence-electron chi connectivity index (χ1n) is 9.71. The normalized spacial score (nSPS) is 10.9. The Bertz CT molecular complexity index is 1200. The van der Waals surface area contributed by atoms with Gasteiger partial charge in [0.15, 0.2) is 10.9 Å². The second-order valence-corrected chi connectivity index (χ2v) is 7.79. The van der Waals surface area contributed by atoms with Crippen LogP contribution in [0.5, 0.6) is 5.75 Å². The van der Waals surface area contributed by atoms with E-state index in [2.05, 4.69) is 9.97 Å². The summed E-state index contributed by atoms with van der Waals surface area (Å²) in [7, 11) is 0. The van der Waals surface area contributed by atoms with Gasteiger partial charge in [0.25, 0.3) is 0 Å². The second-order valence-electron chi connectivity index (χ2n) is 6.79. The SMILES string of the molecule is CCOc1ccc(CC(=O)N(Cc2ccccn2)c2nc3c(F)cc(F)cc3s2)cc1. The molecule has 0 saturated carbocycles. The van der Waals surface area contributed by atoms with E-state index in [-0.39, 0.29) is 24.4 Å². The fourth-order valence-electron chi connectivity index (χ4n) is 3.12. The average Bonchev–Trinajstić information content (AvgIpc) is 3.18. The largest absolute Gasteiger partial charge is 0.494 e. The summed E-state index contributed by atoms with van der Waals surface area (Å²) in [4.78, 5) is 23.3. The summed E-state index contributed by atoms with van der Waals surface area (Å²) in [6.45, 7) is 2.63. The topological polar surface area (TPSA) is 55.3 Å². The molecule has 0 N–H and O–H groups in total. The minimum Gasteiger partial charge on any atom is -0.494 e. The summed E-state index contributed by atoms with van der Waals surface area (Å²) in [5.41, 5.74) is 1.51. The Kier molecular flexibility index (Phi) is 6.18. The number of amides is 1. The molecule has 0 spiro atoms. The van der Waals surface area contributed by atoms with Crippen LogP contribution in [0.15, 0.2) is 60.8 Å². The van der Waals surface area contributed by atoms with Crippen molar-refractivity contribution in [2.45, 2.75) is 19.9 Å². The molecule has 31 heavy (non-hydrogen) atoms. The molecule has 2 aromatic heterocycles. The van der Waals surface area contributed by atoms with E-state index in [0.717, 1.165) is 28.7 Å². The van der Waals surface area contributed by atoms with Crippen molar-refractivity contribution in [1.82, 2.24) is 9.97 Å². The van der Waals surface area contributed by atoms with E-state index in [1.165, 1.54) is 11.0 Å². The van der Waals surface area contributed by atoms with Crippen LogP contribution in [0.1, 0.15) is 18.2 Å². The highest BCUT2D eigenvalue weighted by Crippen LogP contribution is 2.32. The lowest BCUT2D eigenvalue weighted by Crippen LogP contribution is -2.32. The predicted molar refractivity (Wildman–Crippen MR) is 116 cm³/mol. The van der Waals surface area contributed by atoms with Gasteiger partial charge < -0.3 is 4.74 Å². The van der Waals surface area contributed by atoms with Crippen LogP contribution in [0, 0.1) is 11.6 Å². The first-order chi connectivity index (χ1) is 15.0. The molecule has 0 bridgehead atoms. The Balaban J connectivity index is 1.65. The van der Waals surface area contributed by atoms with E-state index in [0.29, 0.717) is 22.1 Å². The molecule has 1 amide bonds. The molecule has 2 heterocycles. The molecule has 0 unspecified atom stereocenters. The van der Waals surface area contributed by atoms with E-state index < -0.39 is 11.6 Å². The fraction of sp³-hybridized carbons (Fsp3) is 0.174. The van der Waals surface area contributed by atoms with Gasteiger partial charge in [-0.25, -0.2) is 13.8 Å². The van der Waals surface area contributed by atoms with Crippen LogP contribution in [0.25, 0.3) is 10.2 Å². The highest BCUT2D eigenvalue weighted by molar-refractivity contribution is 7.22. The molecule has 158 valence electrons. The Hall–Kier alpha value is -3.39. The lowest BCUT2D eigenvalue weighted by Gasteiger charge is -2.19. The lowest BCUT2D eigenvalue weighted by atomic mass is 10.1. The Labute approximate surface area is 181 Å². The lowest BCUT2D eigenvalue weighted by molar-refractivity contribution is -0.118. The van der Waals surface area contributed by atoms with Crippen molar-refractivity contribution in [2.75, 3.05) is 11.5 Å².